The van der Waals surface area contributed by atoms with Crippen molar-refractivity contribution in [2.24, 2.45) is 5.92 Å². The van der Waals surface area contributed by atoms with Gasteiger partial charge in [-0.05, 0) is 25.7 Å². The lowest BCUT2D eigenvalue weighted by molar-refractivity contribution is 0.169. The maximum atomic E-state index is 13.5. The number of hydrogen-bond acceptors (Lipinski definition) is 1. The summed E-state index contributed by atoms with van der Waals surface area (Å²) in [5.74, 6) is 0.594. The van der Waals surface area contributed by atoms with Crippen molar-refractivity contribution in [2.45, 2.75) is 32.4 Å². The maximum absolute atomic E-state index is 13.5. The molecule has 0 saturated heterocycles. The van der Waals surface area contributed by atoms with Crippen molar-refractivity contribution in [3.05, 3.63) is 11.6 Å². The molecule has 1 atom stereocenters. The molecule has 0 bridgehead atoms. The minimum absolute atomic E-state index is 0.594. The van der Waals surface area contributed by atoms with Crippen molar-refractivity contribution in [1.29, 1.82) is 0 Å². The van der Waals surface area contributed by atoms with Gasteiger partial charge in [0.2, 0.25) is 0 Å². The van der Waals surface area contributed by atoms with Crippen molar-refractivity contribution in [3.63, 3.8) is 0 Å². The standard InChI is InChI=1S/C11H18FN/c1-9-5-10(2)7-13(6-9)8-11(12)3-4-11/h5,9H,3-4,6-8H2,1-2H3. The van der Waals surface area contributed by atoms with Gasteiger partial charge in [-0.3, -0.25) is 4.90 Å². The van der Waals surface area contributed by atoms with E-state index in [9.17, 15) is 4.39 Å². The van der Waals surface area contributed by atoms with Gasteiger partial charge in [0.1, 0.15) is 5.67 Å². The van der Waals surface area contributed by atoms with Crippen LogP contribution in [0.1, 0.15) is 26.7 Å². The number of alkyl halides is 1. The first-order valence-corrected chi connectivity index (χ1v) is 5.16. The molecule has 2 aliphatic rings. The van der Waals surface area contributed by atoms with E-state index >= 15 is 0 Å². The van der Waals surface area contributed by atoms with E-state index in [1.54, 1.807) is 0 Å². The molecule has 0 aromatic heterocycles. The molecule has 0 spiro atoms. The molecule has 74 valence electrons. The highest BCUT2D eigenvalue weighted by atomic mass is 19.1. The molecule has 1 nitrogen and oxygen atoms in total. The Morgan fingerprint density at radius 2 is 2.31 bits per heavy atom. The molecule has 0 aromatic rings. The van der Waals surface area contributed by atoms with Crippen LogP contribution in [0.4, 0.5) is 4.39 Å². The summed E-state index contributed by atoms with van der Waals surface area (Å²) in [4.78, 5) is 2.26. The molecular formula is C11H18FN. The molecule has 13 heavy (non-hydrogen) atoms. The lowest BCUT2D eigenvalue weighted by Crippen LogP contribution is -2.38. The van der Waals surface area contributed by atoms with E-state index < -0.39 is 5.67 Å². The Kier molecular flexibility index (Phi) is 2.18. The van der Waals surface area contributed by atoms with E-state index in [4.69, 9.17) is 0 Å². The molecule has 2 rings (SSSR count). The fourth-order valence-electron chi connectivity index (χ4n) is 2.23. The Morgan fingerprint density at radius 1 is 1.62 bits per heavy atom. The van der Waals surface area contributed by atoms with Gasteiger partial charge in [0, 0.05) is 19.6 Å². The van der Waals surface area contributed by atoms with Crippen LogP contribution in [-0.2, 0) is 0 Å². The van der Waals surface area contributed by atoms with Gasteiger partial charge in [0.25, 0.3) is 0 Å². The number of rotatable bonds is 2. The minimum atomic E-state index is -0.822. The second-order valence-corrected chi connectivity index (χ2v) is 4.81. The van der Waals surface area contributed by atoms with Crippen molar-refractivity contribution in [2.75, 3.05) is 19.6 Å². The van der Waals surface area contributed by atoms with Gasteiger partial charge >= 0.3 is 0 Å². The molecule has 1 aliphatic carbocycles. The van der Waals surface area contributed by atoms with Crippen LogP contribution in [0.3, 0.4) is 0 Å². The van der Waals surface area contributed by atoms with Crippen molar-refractivity contribution < 1.29 is 4.39 Å². The Balaban J connectivity index is 1.91. The zero-order valence-electron chi connectivity index (χ0n) is 8.52. The molecular weight excluding hydrogens is 165 g/mol. The van der Waals surface area contributed by atoms with Crippen molar-refractivity contribution in [3.8, 4) is 0 Å². The first-order valence-electron chi connectivity index (χ1n) is 5.16. The van der Waals surface area contributed by atoms with Crippen LogP contribution >= 0.6 is 0 Å². The monoisotopic (exact) mass is 183 g/mol. The third kappa shape index (κ3) is 2.31. The van der Waals surface area contributed by atoms with Gasteiger partial charge in [-0.2, -0.15) is 0 Å². The van der Waals surface area contributed by atoms with Gasteiger partial charge in [-0.25, -0.2) is 4.39 Å². The predicted molar refractivity (Wildman–Crippen MR) is 52.4 cm³/mol. The van der Waals surface area contributed by atoms with Gasteiger partial charge in [-0.1, -0.05) is 18.6 Å². The fraction of sp³-hybridized carbons (Fsp3) is 0.818. The third-order valence-corrected chi connectivity index (χ3v) is 2.89. The molecule has 1 unspecified atom stereocenters. The highest BCUT2D eigenvalue weighted by Crippen LogP contribution is 2.40. The van der Waals surface area contributed by atoms with Crippen LogP contribution in [0.2, 0.25) is 0 Å². The SMILES string of the molecule is CC1=CC(C)CN(CC2(F)CC2)C1. The van der Waals surface area contributed by atoms with E-state index in [0.717, 1.165) is 25.9 Å². The van der Waals surface area contributed by atoms with Gasteiger partial charge in [-0.15, -0.1) is 0 Å². The average Bonchev–Trinajstić information content (AvgIpc) is 2.64. The van der Waals surface area contributed by atoms with E-state index in [0.29, 0.717) is 12.5 Å². The normalized spacial score (nSPS) is 32.8. The Morgan fingerprint density at radius 3 is 2.85 bits per heavy atom. The molecule has 0 N–H and O–H groups in total. The molecule has 1 fully saturated rings. The highest BCUT2D eigenvalue weighted by Gasteiger charge is 2.44. The van der Waals surface area contributed by atoms with Gasteiger partial charge < -0.3 is 0 Å². The zero-order valence-corrected chi connectivity index (χ0v) is 8.52. The molecule has 1 aliphatic heterocycles. The first kappa shape index (κ1) is 9.20. The van der Waals surface area contributed by atoms with E-state index in [2.05, 4.69) is 24.8 Å². The van der Waals surface area contributed by atoms with Crippen LogP contribution in [0, 0.1) is 5.92 Å². The second-order valence-electron chi connectivity index (χ2n) is 4.81. The summed E-state index contributed by atoms with van der Waals surface area (Å²) < 4.78 is 13.5. The second kappa shape index (κ2) is 3.09. The van der Waals surface area contributed by atoms with Crippen molar-refractivity contribution >= 4 is 0 Å². The van der Waals surface area contributed by atoms with Gasteiger partial charge in [0.15, 0.2) is 0 Å². The smallest absolute Gasteiger partial charge is 0.123 e. The summed E-state index contributed by atoms with van der Waals surface area (Å²) >= 11 is 0. The third-order valence-electron chi connectivity index (χ3n) is 2.89. The first-order chi connectivity index (χ1) is 6.07. The number of nitrogens with zero attached hydrogens (tertiary/aromatic N) is 1. The molecule has 0 aromatic carbocycles. The minimum Gasteiger partial charge on any atom is -0.296 e. The summed E-state index contributed by atoms with van der Waals surface area (Å²) in [6.07, 6.45) is 3.86. The van der Waals surface area contributed by atoms with Crippen LogP contribution < -0.4 is 0 Å². The summed E-state index contributed by atoms with van der Waals surface area (Å²) in [7, 11) is 0. The summed E-state index contributed by atoms with van der Waals surface area (Å²) in [5, 5.41) is 0. The van der Waals surface area contributed by atoms with Crippen LogP contribution in [0.5, 0.6) is 0 Å². The summed E-state index contributed by atoms with van der Waals surface area (Å²) in [5.41, 5.74) is 0.570. The van der Waals surface area contributed by atoms with E-state index in [1.165, 1.54) is 5.57 Å². The van der Waals surface area contributed by atoms with E-state index in [1.807, 2.05) is 0 Å². The fourth-order valence-corrected chi connectivity index (χ4v) is 2.23. The van der Waals surface area contributed by atoms with Crippen LogP contribution in [-0.4, -0.2) is 30.2 Å². The lowest BCUT2D eigenvalue weighted by Gasteiger charge is -2.30. The number of halogens is 1. The van der Waals surface area contributed by atoms with Gasteiger partial charge in [0.05, 0.1) is 0 Å². The topological polar surface area (TPSA) is 3.24 Å². The summed E-state index contributed by atoms with van der Waals surface area (Å²) in [6, 6.07) is 0. The molecule has 0 radical (unpaired) electrons. The lowest BCUT2D eigenvalue weighted by atomic mass is 10.0. The number of hydrogen-bond donors (Lipinski definition) is 0. The zero-order chi connectivity index (χ0) is 9.47. The van der Waals surface area contributed by atoms with Crippen LogP contribution in [0.15, 0.2) is 11.6 Å². The quantitative estimate of drug-likeness (QED) is 0.594. The highest BCUT2D eigenvalue weighted by molar-refractivity contribution is 5.09. The van der Waals surface area contributed by atoms with Crippen LogP contribution in [0.25, 0.3) is 0 Å². The Bertz CT molecular complexity index is 230. The predicted octanol–water partition coefficient (Wildman–Crippen LogP) is 2.39. The Hall–Kier alpha value is -0.370. The molecule has 1 saturated carbocycles. The summed E-state index contributed by atoms with van der Waals surface area (Å²) in [6.45, 7) is 7.00. The average molecular weight is 183 g/mol. The maximum Gasteiger partial charge on any atom is 0.123 e. The largest absolute Gasteiger partial charge is 0.296 e. The molecule has 1 heterocycles. The molecule has 0 amide bonds. The van der Waals surface area contributed by atoms with E-state index in [-0.39, 0.29) is 0 Å². The molecule has 2 heteroatoms. The van der Waals surface area contributed by atoms with Crippen molar-refractivity contribution in [1.82, 2.24) is 4.90 Å². The Labute approximate surface area is 79.6 Å².